The van der Waals surface area contributed by atoms with Crippen molar-refractivity contribution in [2.75, 3.05) is 0 Å². The topological polar surface area (TPSA) is 34.9 Å². The van der Waals surface area contributed by atoms with Crippen molar-refractivity contribution in [1.82, 2.24) is 9.78 Å². The number of aromatic nitrogens is 2. The molecule has 0 saturated carbocycles. The maximum atomic E-state index is 12.4. The van der Waals surface area contributed by atoms with Crippen LogP contribution in [-0.2, 0) is 6.54 Å². The fourth-order valence-electron chi connectivity index (χ4n) is 1.98. The molecular weight excluding hydrogens is 260 g/mol. The molecule has 0 unspecified atom stereocenters. The average Bonchev–Trinajstić information content (AvgIpc) is 2.79. The summed E-state index contributed by atoms with van der Waals surface area (Å²) in [4.78, 5) is 12.4. The Kier molecular flexibility index (Phi) is 4.05. The van der Waals surface area contributed by atoms with Crippen LogP contribution in [0.5, 0.6) is 0 Å². The average molecular weight is 277 g/mol. The van der Waals surface area contributed by atoms with Crippen LogP contribution in [0.25, 0.3) is 0 Å². The van der Waals surface area contributed by atoms with Crippen molar-refractivity contribution in [2.24, 2.45) is 0 Å². The first-order valence-corrected chi connectivity index (χ1v) is 6.78. The summed E-state index contributed by atoms with van der Waals surface area (Å²) in [7, 11) is 0. The molecule has 3 nitrogen and oxygen atoms in total. The fraction of sp³-hybridized carbons (Fsp3) is 0.333. The van der Waals surface area contributed by atoms with E-state index in [2.05, 4.69) is 18.9 Å². The van der Waals surface area contributed by atoms with Crippen LogP contribution in [0, 0.1) is 0 Å². The third-order valence-corrected chi connectivity index (χ3v) is 3.43. The second kappa shape index (κ2) is 5.57. The molecule has 0 bridgehead atoms. The molecule has 0 radical (unpaired) electrons. The van der Waals surface area contributed by atoms with Crippen molar-refractivity contribution in [1.29, 1.82) is 0 Å². The minimum atomic E-state index is -0.0837. The molecule has 1 aromatic carbocycles. The number of rotatable bonds is 4. The van der Waals surface area contributed by atoms with Gasteiger partial charge < -0.3 is 0 Å². The van der Waals surface area contributed by atoms with Crippen molar-refractivity contribution < 1.29 is 4.79 Å². The van der Waals surface area contributed by atoms with Crippen LogP contribution in [-0.4, -0.2) is 15.6 Å². The largest absolute Gasteiger partial charge is 0.287 e. The highest BCUT2D eigenvalue weighted by molar-refractivity contribution is 6.34. The lowest BCUT2D eigenvalue weighted by molar-refractivity contribution is 0.102. The molecular formula is C15H17ClN2O. The summed E-state index contributed by atoms with van der Waals surface area (Å²) in [6, 6.07) is 7.67. The van der Waals surface area contributed by atoms with Gasteiger partial charge in [-0.15, -0.1) is 0 Å². The molecule has 1 heterocycles. The number of aryl methyl sites for hydroxylation is 1. The Balaban J connectivity index is 2.36. The molecule has 0 fully saturated rings. The number of nitrogens with zero attached hydrogens (tertiary/aromatic N) is 2. The van der Waals surface area contributed by atoms with Crippen molar-refractivity contribution in [3.05, 3.63) is 52.3 Å². The van der Waals surface area contributed by atoms with E-state index >= 15 is 0 Å². The van der Waals surface area contributed by atoms with Crippen LogP contribution >= 0.6 is 11.6 Å². The summed E-state index contributed by atoms with van der Waals surface area (Å²) in [5.74, 6) is 0.369. The monoisotopic (exact) mass is 276 g/mol. The summed E-state index contributed by atoms with van der Waals surface area (Å²) in [5, 5.41) is 4.49. The summed E-state index contributed by atoms with van der Waals surface area (Å²) in [6.07, 6.45) is 1.51. The van der Waals surface area contributed by atoms with Crippen LogP contribution in [0.1, 0.15) is 48.3 Å². The number of hydrogen-bond donors (Lipinski definition) is 0. The van der Waals surface area contributed by atoms with Gasteiger partial charge in [-0.2, -0.15) is 5.10 Å². The Labute approximate surface area is 118 Å². The molecule has 0 aliphatic carbocycles. The molecule has 2 aromatic rings. The summed E-state index contributed by atoms with van der Waals surface area (Å²) >= 11 is 6.05. The summed E-state index contributed by atoms with van der Waals surface area (Å²) < 4.78 is 1.63. The van der Waals surface area contributed by atoms with E-state index in [4.69, 9.17) is 11.6 Å². The predicted octanol–water partition coefficient (Wildman–Crippen LogP) is 3.91. The second-order valence-corrected chi connectivity index (χ2v) is 5.17. The summed E-state index contributed by atoms with van der Waals surface area (Å²) in [6.45, 7) is 6.81. The fourth-order valence-corrected chi connectivity index (χ4v) is 2.21. The van der Waals surface area contributed by atoms with Gasteiger partial charge in [0, 0.05) is 12.1 Å². The van der Waals surface area contributed by atoms with Crippen LogP contribution in [0.4, 0.5) is 0 Å². The van der Waals surface area contributed by atoms with Crippen LogP contribution in [0.3, 0.4) is 0 Å². The molecule has 4 heteroatoms. The molecule has 0 spiro atoms. The maximum Gasteiger partial charge on any atom is 0.212 e. The van der Waals surface area contributed by atoms with Crippen LogP contribution in [0.2, 0.25) is 5.02 Å². The zero-order valence-corrected chi connectivity index (χ0v) is 12.1. The summed E-state index contributed by atoms with van der Waals surface area (Å²) in [5.41, 5.74) is 2.31. The second-order valence-electron chi connectivity index (χ2n) is 4.76. The minimum absolute atomic E-state index is 0.0837. The number of carbonyl (C=O) groups excluding carboxylic acids is 1. The Morgan fingerprint density at radius 2 is 1.95 bits per heavy atom. The molecule has 0 aliphatic rings. The third-order valence-electron chi connectivity index (χ3n) is 3.15. The molecule has 1 aromatic heterocycles. The minimum Gasteiger partial charge on any atom is -0.287 e. The Hall–Kier alpha value is -1.61. The van der Waals surface area contributed by atoms with Crippen molar-refractivity contribution in [3.8, 4) is 0 Å². The smallest absolute Gasteiger partial charge is 0.212 e. The van der Waals surface area contributed by atoms with Gasteiger partial charge in [-0.25, -0.2) is 0 Å². The van der Waals surface area contributed by atoms with Gasteiger partial charge in [-0.05, 0) is 18.4 Å². The van der Waals surface area contributed by atoms with Gasteiger partial charge in [-0.3, -0.25) is 9.48 Å². The van der Waals surface area contributed by atoms with Gasteiger partial charge in [0.25, 0.3) is 0 Å². The van der Waals surface area contributed by atoms with Gasteiger partial charge in [0.2, 0.25) is 5.78 Å². The first kappa shape index (κ1) is 13.8. The Morgan fingerprint density at radius 1 is 1.32 bits per heavy atom. The van der Waals surface area contributed by atoms with Gasteiger partial charge in [-0.1, -0.05) is 49.7 Å². The molecule has 0 atom stereocenters. The van der Waals surface area contributed by atoms with E-state index in [0.29, 0.717) is 28.7 Å². The molecule has 0 aliphatic heterocycles. The van der Waals surface area contributed by atoms with Crippen LogP contribution < -0.4 is 0 Å². The molecule has 2 rings (SSSR count). The molecule has 0 N–H and O–H groups in total. The first-order valence-electron chi connectivity index (χ1n) is 6.40. The van der Waals surface area contributed by atoms with E-state index < -0.39 is 0 Å². The number of hydrogen-bond acceptors (Lipinski definition) is 2. The quantitative estimate of drug-likeness (QED) is 0.794. The lowest BCUT2D eigenvalue weighted by Gasteiger charge is -2.07. The lowest BCUT2D eigenvalue weighted by atomic mass is 10.00. The number of benzene rings is 1. The molecule has 100 valence electrons. The van der Waals surface area contributed by atoms with Crippen molar-refractivity contribution >= 4 is 17.4 Å². The zero-order valence-electron chi connectivity index (χ0n) is 11.4. The number of carbonyl (C=O) groups is 1. The van der Waals surface area contributed by atoms with E-state index in [1.165, 1.54) is 11.8 Å². The van der Waals surface area contributed by atoms with E-state index in [9.17, 15) is 4.79 Å². The first-order chi connectivity index (χ1) is 9.04. The highest BCUT2D eigenvalue weighted by atomic mass is 35.5. The van der Waals surface area contributed by atoms with Gasteiger partial charge in [0.05, 0.1) is 11.2 Å². The SMILES string of the molecule is CCn1ncc(Cl)c1C(=O)c1ccc(C(C)C)cc1. The predicted molar refractivity (Wildman–Crippen MR) is 76.9 cm³/mol. The van der Waals surface area contributed by atoms with E-state index in [1.54, 1.807) is 4.68 Å². The standard InChI is InChI=1S/C15H17ClN2O/c1-4-18-14(13(16)9-17-18)15(19)12-7-5-11(6-8-12)10(2)3/h5-10H,4H2,1-3H3. The van der Waals surface area contributed by atoms with E-state index in [1.807, 2.05) is 31.2 Å². The normalized spacial score (nSPS) is 11.0. The zero-order chi connectivity index (χ0) is 14.0. The highest BCUT2D eigenvalue weighted by Gasteiger charge is 2.18. The van der Waals surface area contributed by atoms with Crippen molar-refractivity contribution in [2.45, 2.75) is 33.2 Å². The Morgan fingerprint density at radius 3 is 2.47 bits per heavy atom. The maximum absolute atomic E-state index is 12.4. The molecule has 0 saturated heterocycles. The van der Waals surface area contributed by atoms with Gasteiger partial charge in [0.1, 0.15) is 5.69 Å². The number of ketones is 1. The lowest BCUT2D eigenvalue weighted by Crippen LogP contribution is -2.11. The van der Waals surface area contributed by atoms with E-state index in [-0.39, 0.29) is 5.78 Å². The third kappa shape index (κ3) is 2.71. The number of halogens is 1. The van der Waals surface area contributed by atoms with Gasteiger partial charge in [0.15, 0.2) is 0 Å². The molecule has 0 amide bonds. The van der Waals surface area contributed by atoms with E-state index in [0.717, 1.165) is 0 Å². The highest BCUT2D eigenvalue weighted by Crippen LogP contribution is 2.21. The van der Waals surface area contributed by atoms with Crippen LogP contribution in [0.15, 0.2) is 30.5 Å². The van der Waals surface area contributed by atoms with Gasteiger partial charge >= 0.3 is 0 Å². The van der Waals surface area contributed by atoms with Crippen molar-refractivity contribution in [3.63, 3.8) is 0 Å². The Bertz CT molecular complexity index is 585. The molecule has 19 heavy (non-hydrogen) atoms.